The summed E-state index contributed by atoms with van der Waals surface area (Å²) < 4.78 is 23.8. The van der Waals surface area contributed by atoms with Crippen LogP contribution in [0.5, 0.6) is 0 Å². The second kappa shape index (κ2) is 69.8. The highest BCUT2D eigenvalue weighted by molar-refractivity contribution is 7.47. The van der Waals surface area contributed by atoms with Gasteiger partial charge in [0.05, 0.1) is 39.9 Å². The number of carbonyl (C=O) groups is 1. The van der Waals surface area contributed by atoms with E-state index in [1.165, 1.54) is 257 Å². The minimum absolute atomic E-state index is 0.0517. The van der Waals surface area contributed by atoms with Crippen molar-refractivity contribution in [2.75, 3.05) is 40.9 Å². The van der Waals surface area contributed by atoms with Gasteiger partial charge in [0.1, 0.15) is 13.2 Å². The molecule has 0 saturated heterocycles. The predicted molar refractivity (Wildman–Crippen MR) is 392 cm³/mol. The minimum Gasteiger partial charge on any atom is -0.387 e. The maximum Gasteiger partial charge on any atom is 0.472 e. The van der Waals surface area contributed by atoms with Gasteiger partial charge in [-0.15, -0.1) is 0 Å². The number of likely N-dealkylation sites (N-methyl/N-ethyl adjacent to an activating group) is 1. The summed E-state index contributed by atoms with van der Waals surface area (Å²) in [6, 6.07) is -0.876. The zero-order valence-corrected chi connectivity index (χ0v) is 60.3. The molecule has 0 aliphatic heterocycles. The first-order valence-electron chi connectivity index (χ1n) is 38.1. The van der Waals surface area contributed by atoms with E-state index >= 15 is 0 Å². The van der Waals surface area contributed by atoms with Crippen LogP contribution in [0, 0.1) is 0 Å². The molecule has 0 spiro atoms. The fourth-order valence-corrected chi connectivity index (χ4v) is 11.9. The highest BCUT2D eigenvalue weighted by Crippen LogP contribution is 2.43. The van der Waals surface area contributed by atoms with Crippen molar-refractivity contribution in [3.05, 3.63) is 97.2 Å². The number of carbonyl (C=O) groups excluding carboxylic acids is 1. The average Bonchev–Trinajstić information content (AvgIpc) is 3.64. The molecule has 0 bridgehead atoms. The number of rotatable bonds is 70. The highest BCUT2D eigenvalue weighted by atomic mass is 31.2. The average molecular weight is 1270 g/mol. The number of nitrogens with zero attached hydrogens (tertiary/aromatic N) is 1. The van der Waals surface area contributed by atoms with E-state index in [1.54, 1.807) is 6.08 Å². The molecule has 3 atom stereocenters. The van der Waals surface area contributed by atoms with Crippen LogP contribution in [0.15, 0.2) is 97.2 Å². The Kier molecular flexibility index (Phi) is 67.7. The van der Waals surface area contributed by atoms with E-state index in [0.29, 0.717) is 17.4 Å². The fraction of sp³-hybridized carbons (Fsp3) is 0.787. The number of hydrogen-bond donors (Lipinski definition) is 3. The molecule has 0 aromatic rings. The molecule has 0 radical (unpaired) electrons. The Labute approximate surface area is 553 Å². The molecule has 0 rings (SSSR count). The van der Waals surface area contributed by atoms with Gasteiger partial charge in [-0.1, -0.05) is 355 Å². The van der Waals surface area contributed by atoms with Crippen LogP contribution >= 0.6 is 7.82 Å². The van der Waals surface area contributed by atoms with Crippen LogP contribution < -0.4 is 5.32 Å². The number of unbranched alkanes of at least 4 members (excludes halogenated alkanes) is 43. The van der Waals surface area contributed by atoms with Gasteiger partial charge in [-0.05, 0) is 89.9 Å². The van der Waals surface area contributed by atoms with E-state index in [2.05, 4.69) is 104 Å². The SMILES string of the molecule is CC/C=C\C/C=C\C/C=C\C/C=C\C/C=C\CCCCCCCCCCCCCCCCCCCCCC(=O)NC(COP(=O)(O)OCC[N+](C)(C)C)C(O)/C=C/CC/C=C/CC/C=C/CCCCCCCCCCCCCCCCCCCCCCCC. The van der Waals surface area contributed by atoms with Crippen molar-refractivity contribution < 1.29 is 32.9 Å². The lowest BCUT2D eigenvalue weighted by molar-refractivity contribution is -0.870. The third kappa shape index (κ3) is 72.7. The molecule has 0 fully saturated rings. The molecular formula is C80H148N2O6P+. The Bertz CT molecular complexity index is 1780. The van der Waals surface area contributed by atoms with Gasteiger partial charge in [0, 0.05) is 6.42 Å². The van der Waals surface area contributed by atoms with Crippen LogP contribution in [0.1, 0.15) is 354 Å². The number of amides is 1. The third-order valence-corrected chi connectivity index (χ3v) is 18.0. The molecule has 89 heavy (non-hydrogen) atoms. The molecule has 0 saturated carbocycles. The highest BCUT2D eigenvalue weighted by Gasteiger charge is 2.28. The summed E-state index contributed by atoms with van der Waals surface area (Å²) in [6.07, 6.45) is 102. The Morgan fingerprint density at radius 2 is 0.685 bits per heavy atom. The number of hydrogen-bond acceptors (Lipinski definition) is 5. The summed E-state index contributed by atoms with van der Waals surface area (Å²) in [5, 5.41) is 14.0. The van der Waals surface area contributed by atoms with E-state index in [1.807, 2.05) is 27.2 Å². The van der Waals surface area contributed by atoms with Crippen molar-refractivity contribution in [2.45, 2.75) is 366 Å². The van der Waals surface area contributed by atoms with Gasteiger partial charge in [0.25, 0.3) is 0 Å². The van der Waals surface area contributed by atoms with Crippen molar-refractivity contribution in [2.24, 2.45) is 0 Å². The van der Waals surface area contributed by atoms with Gasteiger partial charge in [-0.2, -0.15) is 0 Å². The first-order valence-corrected chi connectivity index (χ1v) is 39.6. The predicted octanol–water partition coefficient (Wildman–Crippen LogP) is 24.8. The minimum atomic E-state index is -4.37. The molecule has 0 aromatic heterocycles. The van der Waals surface area contributed by atoms with Crippen LogP contribution in [-0.4, -0.2) is 73.4 Å². The second-order valence-electron chi connectivity index (χ2n) is 27.0. The molecule has 518 valence electrons. The number of aliphatic hydroxyl groups excluding tert-OH is 1. The second-order valence-corrected chi connectivity index (χ2v) is 28.4. The van der Waals surface area contributed by atoms with Gasteiger partial charge in [0.15, 0.2) is 0 Å². The van der Waals surface area contributed by atoms with Crippen LogP contribution in [0.3, 0.4) is 0 Å². The molecule has 0 aromatic carbocycles. The smallest absolute Gasteiger partial charge is 0.387 e. The first-order chi connectivity index (χ1) is 43.5. The van der Waals surface area contributed by atoms with E-state index in [4.69, 9.17) is 9.05 Å². The number of aliphatic hydroxyl groups is 1. The standard InChI is InChI=1S/C80H147N2O6P/c1-6-8-10-12-14-16-18-20-22-24-26-28-30-32-34-36-38-40-41-42-44-46-48-50-52-54-56-58-60-62-64-66-68-70-72-74-80(84)81-78(77-88-89(85,86)87-76-75-82(3,4)5)79(83)73-71-69-67-65-63-61-59-57-55-53-51-49-47-45-43-39-37-35-33-31-29-27-25-23-21-19-17-15-13-11-9-7-2/h8,10,14,16,20,22,26,28,32,34,55,57,63,65,71,73,78-79,83H,6-7,9,11-13,15,17-19,21,23-25,27,29-31,33,35-54,56,58-62,64,66-70,72,74-77H2,1-5H3,(H-,81,84,85,86)/p+1/b10-8-,16-14-,22-20-,28-26-,34-32-,57-55+,65-63+,73-71+. The largest absolute Gasteiger partial charge is 0.472 e. The molecule has 9 heteroatoms. The van der Waals surface area contributed by atoms with E-state index in [-0.39, 0.29) is 19.1 Å². The Balaban J connectivity index is 4.06. The molecule has 0 aliphatic rings. The van der Waals surface area contributed by atoms with E-state index in [0.717, 1.165) is 77.0 Å². The number of nitrogens with one attached hydrogen (secondary N) is 1. The molecule has 1 amide bonds. The van der Waals surface area contributed by atoms with Crippen molar-refractivity contribution >= 4 is 13.7 Å². The van der Waals surface area contributed by atoms with Crippen LogP contribution in [-0.2, 0) is 18.4 Å². The molecule has 8 nitrogen and oxygen atoms in total. The summed E-state index contributed by atoms with van der Waals surface area (Å²) in [7, 11) is 1.55. The normalized spacial score (nSPS) is 14.1. The Morgan fingerprint density at radius 3 is 1.03 bits per heavy atom. The summed E-state index contributed by atoms with van der Waals surface area (Å²) in [5.41, 5.74) is 0. The molecule has 0 heterocycles. The summed E-state index contributed by atoms with van der Waals surface area (Å²) in [6.45, 7) is 4.71. The van der Waals surface area contributed by atoms with Gasteiger partial charge in [-0.3, -0.25) is 13.8 Å². The van der Waals surface area contributed by atoms with Crippen LogP contribution in [0.4, 0.5) is 0 Å². The topological polar surface area (TPSA) is 105 Å². The summed E-state index contributed by atoms with van der Waals surface area (Å²) in [5.74, 6) is -0.188. The quantitative estimate of drug-likeness (QED) is 0.0243. The lowest BCUT2D eigenvalue weighted by Gasteiger charge is -2.25. The molecule has 3 N–H and O–H groups in total. The number of quaternary nitrogens is 1. The zero-order chi connectivity index (χ0) is 64.8. The summed E-state index contributed by atoms with van der Waals surface area (Å²) in [4.78, 5) is 23.5. The number of phosphoric ester groups is 1. The van der Waals surface area contributed by atoms with Gasteiger partial charge < -0.3 is 19.8 Å². The molecule has 0 aliphatic carbocycles. The van der Waals surface area contributed by atoms with Crippen LogP contribution in [0.25, 0.3) is 0 Å². The Hall–Kier alpha value is -2.58. The van der Waals surface area contributed by atoms with Crippen LogP contribution in [0.2, 0.25) is 0 Å². The maximum atomic E-state index is 13.1. The van der Waals surface area contributed by atoms with Crippen molar-refractivity contribution in [1.82, 2.24) is 5.32 Å². The fourth-order valence-electron chi connectivity index (χ4n) is 11.2. The lowest BCUT2D eigenvalue weighted by atomic mass is 10.0. The van der Waals surface area contributed by atoms with Gasteiger partial charge in [0.2, 0.25) is 5.91 Å². The van der Waals surface area contributed by atoms with Gasteiger partial charge >= 0.3 is 7.82 Å². The third-order valence-electron chi connectivity index (χ3n) is 17.0. The first kappa shape index (κ1) is 86.4. The van der Waals surface area contributed by atoms with Crippen molar-refractivity contribution in [3.8, 4) is 0 Å². The lowest BCUT2D eigenvalue weighted by Crippen LogP contribution is -2.45. The maximum absolute atomic E-state index is 13.1. The van der Waals surface area contributed by atoms with Crippen molar-refractivity contribution in [1.29, 1.82) is 0 Å². The van der Waals surface area contributed by atoms with E-state index in [9.17, 15) is 19.4 Å². The number of allylic oxidation sites excluding steroid dienone is 15. The zero-order valence-electron chi connectivity index (χ0n) is 59.4. The molecule has 3 unspecified atom stereocenters. The monoisotopic (exact) mass is 1260 g/mol. The molecular weight excluding hydrogens is 1120 g/mol. The Morgan fingerprint density at radius 1 is 0.393 bits per heavy atom. The summed E-state index contributed by atoms with van der Waals surface area (Å²) >= 11 is 0. The van der Waals surface area contributed by atoms with E-state index < -0.39 is 20.0 Å². The van der Waals surface area contributed by atoms with Crippen molar-refractivity contribution in [3.63, 3.8) is 0 Å². The number of phosphoric acid groups is 1. The van der Waals surface area contributed by atoms with Gasteiger partial charge in [-0.25, -0.2) is 4.57 Å².